The Balaban J connectivity index is 3.47. The van der Waals surface area contributed by atoms with Crippen molar-refractivity contribution in [2.45, 2.75) is 12.5 Å². The van der Waals surface area contributed by atoms with Crippen LogP contribution in [0, 0.1) is 0 Å². The number of carbonyl (C=O) groups excluding carboxylic acids is 1. The molecule has 0 radical (unpaired) electrons. The molecular weight excluding hydrogens is 148 g/mol. The van der Waals surface area contributed by atoms with E-state index in [1.807, 2.05) is 0 Å². The highest BCUT2D eigenvalue weighted by Crippen LogP contribution is 1.89. The molecule has 0 amide bonds. The predicted molar refractivity (Wildman–Crippen MR) is 39.7 cm³/mol. The maximum absolute atomic E-state index is 10.8. The molecule has 0 aromatic heterocycles. The van der Waals surface area contributed by atoms with Gasteiger partial charge in [0.25, 0.3) is 0 Å². The molecule has 0 aliphatic rings. The maximum atomic E-state index is 10.8. The Bertz CT molecular complexity index is 118. The quantitative estimate of drug-likeness (QED) is 0.414. The molecule has 66 valence electrons. The number of carbonyl (C=O) groups is 1. The molecule has 1 atom stereocenters. The van der Waals surface area contributed by atoms with Gasteiger partial charge in [0.05, 0.1) is 0 Å². The topological polar surface area (TPSA) is 98.6 Å². The van der Waals surface area contributed by atoms with Crippen molar-refractivity contribution in [1.82, 2.24) is 0 Å². The lowest BCUT2D eigenvalue weighted by Gasteiger charge is -2.08. The van der Waals surface area contributed by atoms with Crippen molar-refractivity contribution in [1.29, 1.82) is 0 Å². The fraction of sp³-hybridized carbons (Fsp3) is 0.833. The van der Waals surface area contributed by atoms with E-state index < -0.39 is 12.0 Å². The van der Waals surface area contributed by atoms with Gasteiger partial charge in [0, 0.05) is 13.2 Å². The highest BCUT2D eigenvalue weighted by molar-refractivity contribution is 5.75. The van der Waals surface area contributed by atoms with Crippen LogP contribution in [0.3, 0.4) is 0 Å². The van der Waals surface area contributed by atoms with Crippen LogP contribution in [0.15, 0.2) is 0 Å². The number of ether oxygens (including phenoxy) is 1. The number of esters is 1. The zero-order chi connectivity index (χ0) is 8.69. The fourth-order valence-corrected chi connectivity index (χ4v) is 0.523. The number of aliphatic hydroxyl groups is 1. The minimum Gasteiger partial charge on any atom is -0.463 e. The predicted octanol–water partition coefficient (Wildman–Crippen LogP) is -1.80. The lowest BCUT2D eigenvalue weighted by Crippen LogP contribution is -2.34. The summed E-state index contributed by atoms with van der Waals surface area (Å²) in [6.45, 7) is 0.356. The van der Waals surface area contributed by atoms with Gasteiger partial charge in [0.2, 0.25) is 0 Å². The van der Waals surface area contributed by atoms with Gasteiger partial charge in [-0.1, -0.05) is 0 Å². The first-order valence-corrected chi connectivity index (χ1v) is 3.45. The Morgan fingerprint density at radius 3 is 2.73 bits per heavy atom. The Morgan fingerprint density at radius 2 is 2.27 bits per heavy atom. The summed E-state index contributed by atoms with van der Waals surface area (Å²) in [5.74, 6) is -0.510. The second kappa shape index (κ2) is 6.09. The molecule has 0 unspecified atom stereocenters. The average molecular weight is 162 g/mol. The molecule has 0 spiro atoms. The first-order chi connectivity index (χ1) is 5.22. The SMILES string of the molecule is NCCOC(=O)[C@@H](N)CCO. The van der Waals surface area contributed by atoms with Crippen molar-refractivity contribution in [3.8, 4) is 0 Å². The summed E-state index contributed by atoms with van der Waals surface area (Å²) >= 11 is 0. The molecule has 0 aromatic rings. The van der Waals surface area contributed by atoms with Crippen LogP contribution in [0.5, 0.6) is 0 Å². The van der Waals surface area contributed by atoms with E-state index in [1.54, 1.807) is 0 Å². The van der Waals surface area contributed by atoms with Gasteiger partial charge in [-0.25, -0.2) is 0 Å². The van der Waals surface area contributed by atoms with Crippen molar-refractivity contribution in [2.75, 3.05) is 19.8 Å². The van der Waals surface area contributed by atoms with E-state index in [0.29, 0.717) is 0 Å². The van der Waals surface area contributed by atoms with Crippen LogP contribution in [-0.2, 0) is 9.53 Å². The highest BCUT2D eigenvalue weighted by Gasteiger charge is 2.12. The molecule has 0 bridgehead atoms. The van der Waals surface area contributed by atoms with Crippen molar-refractivity contribution in [3.05, 3.63) is 0 Å². The highest BCUT2D eigenvalue weighted by atomic mass is 16.5. The lowest BCUT2D eigenvalue weighted by atomic mass is 10.2. The van der Waals surface area contributed by atoms with Gasteiger partial charge in [0.15, 0.2) is 0 Å². The van der Waals surface area contributed by atoms with Crippen molar-refractivity contribution < 1.29 is 14.6 Å². The van der Waals surface area contributed by atoms with Crippen molar-refractivity contribution in [2.24, 2.45) is 11.5 Å². The van der Waals surface area contributed by atoms with Crippen LogP contribution in [0.1, 0.15) is 6.42 Å². The first kappa shape index (κ1) is 10.3. The standard InChI is InChI=1S/C6H14N2O3/c7-2-4-11-6(10)5(8)1-3-9/h5,9H,1-4,7-8H2/t5-/m0/s1. The summed E-state index contributed by atoms with van der Waals surface area (Å²) in [6, 6.07) is -0.730. The number of rotatable bonds is 5. The Hall–Kier alpha value is -0.650. The molecule has 5 heteroatoms. The van der Waals surface area contributed by atoms with Gasteiger partial charge in [-0.15, -0.1) is 0 Å². The molecule has 0 heterocycles. The monoisotopic (exact) mass is 162 g/mol. The van der Waals surface area contributed by atoms with Gasteiger partial charge in [-0.05, 0) is 6.42 Å². The molecule has 0 aliphatic heterocycles. The van der Waals surface area contributed by atoms with E-state index in [9.17, 15) is 4.79 Å². The summed E-state index contributed by atoms with van der Waals surface area (Å²) < 4.78 is 4.61. The Morgan fingerprint density at radius 1 is 1.64 bits per heavy atom. The van der Waals surface area contributed by atoms with Crippen LogP contribution < -0.4 is 11.5 Å². The minimum absolute atomic E-state index is 0.112. The lowest BCUT2D eigenvalue weighted by molar-refractivity contribution is -0.145. The van der Waals surface area contributed by atoms with Gasteiger partial charge >= 0.3 is 5.97 Å². The Labute approximate surface area is 65.3 Å². The van der Waals surface area contributed by atoms with Gasteiger partial charge in [-0.2, -0.15) is 0 Å². The smallest absolute Gasteiger partial charge is 0.323 e. The minimum atomic E-state index is -0.730. The molecule has 11 heavy (non-hydrogen) atoms. The van der Waals surface area contributed by atoms with Crippen LogP contribution >= 0.6 is 0 Å². The average Bonchev–Trinajstić information content (AvgIpc) is 2.00. The van der Waals surface area contributed by atoms with Crippen LogP contribution in [0.2, 0.25) is 0 Å². The van der Waals surface area contributed by atoms with Gasteiger partial charge in [-0.3, -0.25) is 4.79 Å². The fourth-order valence-electron chi connectivity index (χ4n) is 0.523. The third kappa shape index (κ3) is 4.72. The van der Waals surface area contributed by atoms with Crippen molar-refractivity contribution in [3.63, 3.8) is 0 Å². The molecule has 0 rings (SSSR count). The molecule has 5 N–H and O–H groups in total. The van der Waals surface area contributed by atoms with Gasteiger partial charge in [0.1, 0.15) is 12.6 Å². The molecule has 0 aliphatic carbocycles. The molecule has 0 saturated heterocycles. The second-order valence-electron chi connectivity index (χ2n) is 2.07. The summed E-state index contributed by atoms with van der Waals surface area (Å²) in [4.78, 5) is 10.8. The molecule has 0 aromatic carbocycles. The van der Waals surface area contributed by atoms with Crippen LogP contribution in [0.4, 0.5) is 0 Å². The summed E-state index contributed by atoms with van der Waals surface area (Å²) in [5, 5.41) is 8.40. The summed E-state index contributed by atoms with van der Waals surface area (Å²) in [5.41, 5.74) is 10.4. The maximum Gasteiger partial charge on any atom is 0.323 e. The molecular formula is C6H14N2O3. The number of hydrogen-bond donors (Lipinski definition) is 3. The zero-order valence-electron chi connectivity index (χ0n) is 6.32. The third-order valence-electron chi connectivity index (χ3n) is 1.11. The van der Waals surface area contributed by atoms with E-state index in [2.05, 4.69) is 4.74 Å². The second-order valence-corrected chi connectivity index (χ2v) is 2.07. The van der Waals surface area contributed by atoms with Crippen LogP contribution in [-0.4, -0.2) is 36.9 Å². The molecule has 0 saturated carbocycles. The number of nitrogens with two attached hydrogens (primary N) is 2. The summed E-state index contributed by atoms with van der Waals surface area (Å²) in [7, 11) is 0. The van der Waals surface area contributed by atoms with Crippen LogP contribution in [0.25, 0.3) is 0 Å². The Kier molecular flexibility index (Phi) is 5.73. The molecule has 0 fully saturated rings. The normalized spacial score (nSPS) is 12.6. The van der Waals surface area contributed by atoms with E-state index in [-0.39, 0.29) is 26.2 Å². The third-order valence-corrected chi connectivity index (χ3v) is 1.11. The van der Waals surface area contributed by atoms with E-state index in [0.717, 1.165) is 0 Å². The van der Waals surface area contributed by atoms with Gasteiger partial charge < -0.3 is 21.3 Å². The largest absolute Gasteiger partial charge is 0.463 e. The summed E-state index contributed by atoms with van der Waals surface area (Å²) in [6.07, 6.45) is 0.226. The van der Waals surface area contributed by atoms with Crippen molar-refractivity contribution >= 4 is 5.97 Å². The zero-order valence-corrected chi connectivity index (χ0v) is 6.32. The number of hydrogen-bond acceptors (Lipinski definition) is 5. The van der Waals surface area contributed by atoms with E-state index in [1.165, 1.54) is 0 Å². The first-order valence-electron chi connectivity index (χ1n) is 3.45. The van der Waals surface area contributed by atoms with E-state index >= 15 is 0 Å². The number of aliphatic hydroxyl groups excluding tert-OH is 1. The van der Waals surface area contributed by atoms with E-state index in [4.69, 9.17) is 16.6 Å². The molecule has 5 nitrogen and oxygen atoms in total.